The molecule has 0 aliphatic heterocycles. The zero-order valence-electron chi connectivity index (χ0n) is 17.2. The van der Waals surface area contributed by atoms with E-state index in [0.717, 1.165) is 16.7 Å². The number of nitrogens with two attached hydrogens (primary N) is 1. The van der Waals surface area contributed by atoms with Crippen molar-refractivity contribution in [1.82, 2.24) is 15.1 Å². The molecule has 0 aliphatic rings. The minimum atomic E-state index is -0.271. The molecule has 2 aromatic carbocycles. The Hall–Kier alpha value is -2.67. The molecule has 0 aliphatic carbocycles. The van der Waals surface area contributed by atoms with Crippen molar-refractivity contribution in [3.8, 4) is 0 Å². The average Bonchev–Trinajstić information content (AvgIpc) is 2.76. The lowest BCUT2D eigenvalue weighted by Gasteiger charge is -2.12. The van der Waals surface area contributed by atoms with Crippen LogP contribution >= 0.6 is 23.2 Å². The maximum Gasteiger partial charge on any atom is 0.270 e. The van der Waals surface area contributed by atoms with Gasteiger partial charge in [0.2, 0.25) is 5.91 Å². The smallest absolute Gasteiger partial charge is 0.270 e. The second-order valence-corrected chi connectivity index (χ2v) is 8.09. The molecule has 31 heavy (non-hydrogen) atoms. The maximum atomic E-state index is 12.9. The number of amides is 1. The fourth-order valence-corrected chi connectivity index (χ4v) is 3.71. The Morgan fingerprint density at radius 3 is 2.65 bits per heavy atom. The lowest BCUT2D eigenvalue weighted by Crippen LogP contribution is -2.32. The lowest BCUT2D eigenvalue weighted by atomic mass is 10.1. The Morgan fingerprint density at radius 1 is 1.13 bits per heavy atom. The number of rotatable bonds is 8. The largest absolute Gasteiger partial charge is 0.352 e. The summed E-state index contributed by atoms with van der Waals surface area (Å²) in [7, 11) is 0. The van der Waals surface area contributed by atoms with Gasteiger partial charge in [-0.3, -0.25) is 9.59 Å². The first-order valence-corrected chi connectivity index (χ1v) is 10.7. The van der Waals surface area contributed by atoms with E-state index in [0.29, 0.717) is 40.7 Å². The van der Waals surface area contributed by atoms with Gasteiger partial charge >= 0.3 is 0 Å². The van der Waals surface area contributed by atoms with Crippen LogP contribution in [-0.4, -0.2) is 15.7 Å². The number of halogens is 2. The summed E-state index contributed by atoms with van der Waals surface area (Å²) >= 11 is 12.2. The molecule has 1 aromatic heterocycles. The highest BCUT2D eigenvalue weighted by Gasteiger charge is 2.14. The van der Waals surface area contributed by atoms with Gasteiger partial charge in [-0.1, -0.05) is 47.5 Å². The van der Waals surface area contributed by atoms with E-state index in [1.54, 1.807) is 25.3 Å². The Labute approximate surface area is 191 Å². The predicted octanol–water partition coefficient (Wildman–Crippen LogP) is 3.42. The van der Waals surface area contributed by atoms with Crippen molar-refractivity contribution in [2.24, 2.45) is 5.73 Å². The van der Waals surface area contributed by atoms with E-state index in [-0.39, 0.29) is 24.4 Å². The summed E-state index contributed by atoms with van der Waals surface area (Å²) in [6, 6.07) is 12.9. The maximum absolute atomic E-state index is 12.9. The van der Waals surface area contributed by atoms with Gasteiger partial charge in [0.1, 0.15) is 0 Å². The van der Waals surface area contributed by atoms with E-state index in [4.69, 9.17) is 28.9 Å². The monoisotopic (exact) mass is 458 g/mol. The van der Waals surface area contributed by atoms with Gasteiger partial charge in [-0.15, -0.1) is 0 Å². The summed E-state index contributed by atoms with van der Waals surface area (Å²) < 4.78 is 1.38. The molecule has 0 spiro atoms. The summed E-state index contributed by atoms with van der Waals surface area (Å²) in [5, 5.41) is 8.30. The Bertz CT molecular complexity index is 1140. The van der Waals surface area contributed by atoms with Gasteiger partial charge in [0, 0.05) is 35.2 Å². The Kier molecular flexibility index (Phi) is 7.85. The topological polar surface area (TPSA) is 90.0 Å². The number of nitrogens with zero attached hydrogens (tertiary/aromatic N) is 2. The van der Waals surface area contributed by atoms with Crippen LogP contribution in [0.1, 0.15) is 27.8 Å². The molecule has 3 aromatic rings. The molecule has 0 atom stereocenters. The first-order chi connectivity index (χ1) is 14.9. The summed E-state index contributed by atoms with van der Waals surface area (Å²) in [6.07, 6.45) is 2.15. The quantitative estimate of drug-likeness (QED) is 0.540. The van der Waals surface area contributed by atoms with Gasteiger partial charge in [0.25, 0.3) is 5.56 Å². The van der Waals surface area contributed by atoms with Crippen LogP contribution < -0.4 is 16.6 Å². The average molecular weight is 459 g/mol. The molecule has 0 saturated heterocycles. The third kappa shape index (κ3) is 5.94. The molecular weight excluding hydrogens is 435 g/mol. The standard InChI is InChI=1S/C23H24Cl2N4O2/c1-15-13-28-29(9-8-16-4-2-3-5-21(16)25)23(31)20(15)11-22(30)27-14-18-10-19(24)7-6-17(18)12-26/h2-7,10,13H,8-9,11-12,14,26H2,1H3,(H,27,30). The molecule has 6 nitrogen and oxygen atoms in total. The number of aromatic nitrogens is 2. The zero-order chi connectivity index (χ0) is 22.4. The van der Waals surface area contributed by atoms with Crippen molar-refractivity contribution in [3.63, 3.8) is 0 Å². The second-order valence-electron chi connectivity index (χ2n) is 7.25. The predicted molar refractivity (Wildman–Crippen MR) is 123 cm³/mol. The second kappa shape index (κ2) is 10.6. The van der Waals surface area contributed by atoms with Crippen molar-refractivity contribution >= 4 is 29.1 Å². The van der Waals surface area contributed by atoms with Crippen LogP contribution in [0.3, 0.4) is 0 Å². The van der Waals surface area contributed by atoms with Gasteiger partial charge < -0.3 is 11.1 Å². The number of nitrogens with one attached hydrogen (secondary N) is 1. The third-order valence-electron chi connectivity index (χ3n) is 5.11. The van der Waals surface area contributed by atoms with Gasteiger partial charge in [-0.25, -0.2) is 4.68 Å². The molecule has 0 bridgehead atoms. The molecule has 162 valence electrons. The molecule has 1 amide bonds. The minimum Gasteiger partial charge on any atom is -0.352 e. The number of carbonyl (C=O) groups is 1. The summed E-state index contributed by atoms with van der Waals surface area (Å²) in [4.78, 5) is 25.5. The molecule has 3 rings (SSSR count). The number of aryl methyl sites for hydroxylation is 3. The molecule has 8 heteroatoms. The summed E-state index contributed by atoms with van der Waals surface area (Å²) in [6.45, 7) is 2.79. The van der Waals surface area contributed by atoms with Crippen molar-refractivity contribution < 1.29 is 4.79 Å². The molecule has 0 fully saturated rings. The third-order valence-corrected chi connectivity index (χ3v) is 5.72. The SMILES string of the molecule is Cc1cnn(CCc2ccccc2Cl)c(=O)c1CC(=O)NCc1cc(Cl)ccc1CN. The van der Waals surface area contributed by atoms with Crippen LogP contribution in [0.5, 0.6) is 0 Å². The van der Waals surface area contributed by atoms with E-state index in [1.165, 1.54) is 4.68 Å². The number of carbonyl (C=O) groups excluding carboxylic acids is 1. The Balaban J connectivity index is 1.69. The number of hydrogen-bond acceptors (Lipinski definition) is 4. The van der Waals surface area contributed by atoms with Crippen LogP contribution in [0.15, 0.2) is 53.5 Å². The minimum absolute atomic E-state index is 0.0300. The molecule has 0 unspecified atom stereocenters. The van der Waals surface area contributed by atoms with E-state index in [2.05, 4.69) is 10.4 Å². The first kappa shape index (κ1) is 23.0. The molecule has 3 N–H and O–H groups in total. The molecule has 0 saturated carbocycles. The van der Waals surface area contributed by atoms with Gasteiger partial charge in [-0.05, 0) is 53.8 Å². The first-order valence-electron chi connectivity index (χ1n) is 9.92. The van der Waals surface area contributed by atoms with Gasteiger partial charge in [-0.2, -0.15) is 5.10 Å². The molecule has 0 radical (unpaired) electrons. The summed E-state index contributed by atoms with van der Waals surface area (Å²) in [5.74, 6) is -0.257. The van der Waals surface area contributed by atoms with Gasteiger partial charge in [0.05, 0.1) is 12.6 Å². The van der Waals surface area contributed by atoms with Crippen molar-refractivity contribution in [2.75, 3.05) is 0 Å². The lowest BCUT2D eigenvalue weighted by molar-refractivity contribution is -0.120. The highest BCUT2D eigenvalue weighted by atomic mass is 35.5. The summed E-state index contributed by atoms with van der Waals surface area (Å²) in [5.41, 5.74) is 9.29. The van der Waals surface area contributed by atoms with Crippen LogP contribution in [0.4, 0.5) is 0 Å². The van der Waals surface area contributed by atoms with Crippen molar-refractivity contribution in [1.29, 1.82) is 0 Å². The molecule has 1 heterocycles. The Morgan fingerprint density at radius 2 is 1.90 bits per heavy atom. The highest BCUT2D eigenvalue weighted by Crippen LogP contribution is 2.17. The van der Waals surface area contributed by atoms with E-state index < -0.39 is 0 Å². The van der Waals surface area contributed by atoms with E-state index >= 15 is 0 Å². The van der Waals surface area contributed by atoms with Crippen LogP contribution in [0.2, 0.25) is 10.0 Å². The van der Waals surface area contributed by atoms with Gasteiger partial charge in [0.15, 0.2) is 0 Å². The number of benzene rings is 2. The number of hydrogen-bond donors (Lipinski definition) is 2. The zero-order valence-corrected chi connectivity index (χ0v) is 18.7. The molecular formula is C23H24Cl2N4O2. The fourth-order valence-electron chi connectivity index (χ4n) is 3.29. The normalized spacial score (nSPS) is 10.8. The van der Waals surface area contributed by atoms with Crippen LogP contribution in [-0.2, 0) is 37.3 Å². The van der Waals surface area contributed by atoms with Crippen molar-refractivity contribution in [2.45, 2.75) is 39.4 Å². The highest BCUT2D eigenvalue weighted by molar-refractivity contribution is 6.31. The van der Waals surface area contributed by atoms with E-state index in [9.17, 15) is 9.59 Å². The van der Waals surface area contributed by atoms with Crippen LogP contribution in [0, 0.1) is 6.92 Å². The fraction of sp³-hybridized carbons (Fsp3) is 0.261. The van der Waals surface area contributed by atoms with Crippen LogP contribution in [0.25, 0.3) is 0 Å². The van der Waals surface area contributed by atoms with E-state index in [1.807, 2.05) is 30.3 Å². The van der Waals surface area contributed by atoms with Crippen molar-refractivity contribution in [3.05, 3.63) is 96.9 Å².